The molecule has 0 radical (unpaired) electrons. The van der Waals surface area contributed by atoms with Crippen LogP contribution in [-0.4, -0.2) is 32.6 Å². The van der Waals surface area contributed by atoms with Gasteiger partial charge in [0.05, 0.1) is 42.8 Å². The minimum absolute atomic E-state index is 0.181. The molecule has 0 bridgehead atoms. The molecule has 0 fully saturated rings. The third kappa shape index (κ3) is 4.96. The molecule has 0 saturated heterocycles. The number of ether oxygens (including phenoxy) is 1. The van der Waals surface area contributed by atoms with Crippen molar-refractivity contribution in [2.24, 2.45) is 0 Å². The van der Waals surface area contributed by atoms with Gasteiger partial charge in [-0.1, -0.05) is 24.3 Å². The summed E-state index contributed by atoms with van der Waals surface area (Å²) in [6, 6.07) is 15.3. The van der Waals surface area contributed by atoms with Crippen LogP contribution >= 0.6 is 15.9 Å². The highest BCUT2D eigenvalue weighted by atomic mass is 79.9. The molecule has 1 amide bonds. The van der Waals surface area contributed by atoms with E-state index in [1.165, 1.54) is 0 Å². The highest BCUT2D eigenvalue weighted by Gasteiger charge is 2.09. The van der Waals surface area contributed by atoms with Crippen LogP contribution in [0.15, 0.2) is 77.8 Å². The van der Waals surface area contributed by atoms with Crippen molar-refractivity contribution in [3.8, 4) is 5.75 Å². The van der Waals surface area contributed by atoms with Gasteiger partial charge in [0, 0.05) is 18.0 Å². The lowest BCUT2D eigenvalue weighted by molar-refractivity contribution is 0.102. The average molecular weight is 466 g/mol. The summed E-state index contributed by atoms with van der Waals surface area (Å²) in [5.41, 5.74) is 3.28. The average Bonchev–Trinajstić information content (AvgIpc) is 3.36. The van der Waals surface area contributed by atoms with Crippen molar-refractivity contribution in [3.63, 3.8) is 0 Å². The summed E-state index contributed by atoms with van der Waals surface area (Å²) in [5, 5.41) is 11.5. The largest absolute Gasteiger partial charge is 0.497 e. The van der Waals surface area contributed by atoms with Gasteiger partial charge in [0.1, 0.15) is 5.75 Å². The Hall–Kier alpha value is -3.39. The fraction of sp³-hybridized carbons (Fsp3) is 0.136. The van der Waals surface area contributed by atoms with Crippen LogP contribution in [0.4, 0.5) is 5.69 Å². The molecule has 2 heterocycles. The Bertz CT molecular complexity index is 1170. The van der Waals surface area contributed by atoms with Gasteiger partial charge in [-0.15, -0.1) is 0 Å². The summed E-state index contributed by atoms with van der Waals surface area (Å²) >= 11 is 3.39. The number of amides is 1. The van der Waals surface area contributed by atoms with E-state index in [1.807, 2.05) is 59.5 Å². The van der Waals surface area contributed by atoms with Crippen LogP contribution in [0.1, 0.15) is 21.5 Å². The fourth-order valence-corrected chi connectivity index (χ4v) is 3.43. The van der Waals surface area contributed by atoms with E-state index in [2.05, 4.69) is 31.4 Å². The molecule has 8 heteroatoms. The minimum Gasteiger partial charge on any atom is -0.497 e. The summed E-state index contributed by atoms with van der Waals surface area (Å²) in [6.45, 7) is 1.17. The van der Waals surface area contributed by atoms with Gasteiger partial charge in [-0.05, 0) is 51.3 Å². The number of rotatable bonds is 7. The van der Waals surface area contributed by atoms with Crippen molar-refractivity contribution < 1.29 is 9.53 Å². The maximum atomic E-state index is 12.7. The number of aromatic nitrogens is 4. The summed E-state index contributed by atoms with van der Waals surface area (Å²) in [7, 11) is 1.64. The molecular formula is C22H20BrN5O2. The van der Waals surface area contributed by atoms with Crippen LogP contribution in [0.5, 0.6) is 5.75 Å². The lowest BCUT2D eigenvalue weighted by Gasteiger charge is -2.06. The van der Waals surface area contributed by atoms with E-state index in [0.717, 1.165) is 21.3 Å². The Morgan fingerprint density at radius 1 is 1.00 bits per heavy atom. The van der Waals surface area contributed by atoms with E-state index in [-0.39, 0.29) is 5.91 Å². The third-order valence-electron chi connectivity index (χ3n) is 4.51. The van der Waals surface area contributed by atoms with E-state index in [9.17, 15) is 4.79 Å². The fourth-order valence-electron chi connectivity index (χ4n) is 3.10. The second kappa shape index (κ2) is 8.96. The van der Waals surface area contributed by atoms with Gasteiger partial charge in [0.25, 0.3) is 5.91 Å². The summed E-state index contributed by atoms with van der Waals surface area (Å²) in [4.78, 5) is 12.7. The first-order valence-corrected chi connectivity index (χ1v) is 10.1. The number of benzene rings is 2. The molecule has 4 rings (SSSR count). The number of methoxy groups -OCH3 is 1. The summed E-state index contributed by atoms with van der Waals surface area (Å²) in [6.07, 6.45) is 7.08. The monoisotopic (exact) mass is 465 g/mol. The number of hydrogen-bond acceptors (Lipinski definition) is 4. The predicted octanol–water partition coefficient (Wildman–Crippen LogP) is 4.20. The molecule has 2 aromatic carbocycles. The third-order valence-corrected chi connectivity index (χ3v) is 4.91. The molecule has 0 aliphatic heterocycles. The lowest BCUT2D eigenvalue weighted by atomic mass is 10.1. The topological polar surface area (TPSA) is 74.0 Å². The van der Waals surface area contributed by atoms with Crippen molar-refractivity contribution in [2.75, 3.05) is 12.4 Å². The maximum Gasteiger partial charge on any atom is 0.255 e. The molecule has 4 aromatic rings. The molecular weight excluding hydrogens is 446 g/mol. The molecule has 7 nitrogen and oxygen atoms in total. The molecule has 2 aromatic heterocycles. The Morgan fingerprint density at radius 3 is 2.43 bits per heavy atom. The summed E-state index contributed by atoms with van der Waals surface area (Å²) < 4.78 is 9.76. The van der Waals surface area contributed by atoms with E-state index >= 15 is 0 Å². The van der Waals surface area contributed by atoms with Gasteiger partial charge >= 0.3 is 0 Å². The number of anilines is 1. The van der Waals surface area contributed by atoms with Crippen LogP contribution in [0.25, 0.3) is 0 Å². The van der Waals surface area contributed by atoms with Crippen LogP contribution in [0.2, 0.25) is 0 Å². The van der Waals surface area contributed by atoms with Gasteiger partial charge in [-0.2, -0.15) is 10.2 Å². The molecule has 0 unspecified atom stereocenters. The molecule has 0 saturated carbocycles. The molecule has 152 valence electrons. The quantitative estimate of drug-likeness (QED) is 0.443. The van der Waals surface area contributed by atoms with Crippen LogP contribution in [-0.2, 0) is 13.1 Å². The zero-order chi connectivity index (χ0) is 20.9. The smallest absolute Gasteiger partial charge is 0.255 e. The Kier molecular flexibility index (Phi) is 5.94. The zero-order valence-corrected chi connectivity index (χ0v) is 17.9. The second-order valence-corrected chi connectivity index (χ2v) is 7.70. The molecule has 0 aliphatic rings. The number of carbonyl (C=O) groups excluding carboxylic acids is 1. The Labute approximate surface area is 182 Å². The number of carbonyl (C=O) groups is 1. The van der Waals surface area contributed by atoms with Gasteiger partial charge < -0.3 is 10.1 Å². The van der Waals surface area contributed by atoms with Crippen molar-refractivity contribution >= 4 is 27.5 Å². The van der Waals surface area contributed by atoms with Gasteiger partial charge in [0.2, 0.25) is 0 Å². The normalized spacial score (nSPS) is 10.7. The molecule has 30 heavy (non-hydrogen) atoms. The highest BCUT2D eigenvalue weighted by molar-refractivity contribution is 9.10. The van der Waals surface area contributed by atoms with Gasteiger partial charge in [-0.25, -0.2) is 0 Å². The SMILES string of the molecule is COc1cccc(Cn2cc(NC(=O)c3cccc(Cn4cc(Br)cn4)c3)cn2)c1. The van der Waals surface area contributed by atoms with Crippen LogP contribution in [0, 0.1) is 0 Å². The molecule has 0 aliphatic carbocycles. The lowest BCUT2D eigenvalue weighted by Crippen LogP contribution is -2.12. The van der Waals surface area contributed by atoms with Crippen LogP contribution < -0.4 is 10.1 Å². The van der Waals surface area contributed by atoms with Crippen molar-refractivity contribution in [1.82, 2.24) is 19.6 Å². The number of nitrogens with zero attached hydrogens (tertiary/aromatic N) is 4. The minimum atomic E-state index is -0.181. The molecule has 0 spiro atoms. The number of nitrogens with one attached hydrogen (secondary N) is 1. The first-order chi connectivity index (χ1) is 14.6. The van der Waals surface area contributed by atoms with Crippen molar-refractivity contribution in [2.45, 2.75) is 13.1 Å². The molecule has 0 atom stereocenters. The highest BCUT2D eigenvalue weighted by Crippen LogP contribution is 2.16. The molecule has 1 N–H and O–H groups in total. The maximum absolute atomic E-state index is 12.7. The summed E-state index contributed by atoms with van der Waals surface area (Å²) in [5.74, 6) is 0.620. The first-order valence-electron chi connectivity index (χ1n) is 9.33. The van der Waals surface area contributed by atoms with E-state index in [1.54, 1.807) is 30.3 Å². The van der Waals surface area contributed by atoms with Gasteiger partial charge in [-0.3, -0.25) is 14.2 Å². The van der Waals surface area contributed by atoms with Crippen molar-refractivity contribution in [3.05, 3.63) is 94.5 Å². The Balaban J connectivity index is 1.41. The predicted molar refractivity (Wildman–Crippen MR) is 118 cm³/mol. The number of hydrogen-bond donors (Lipinski definition) is 1. The number of halogens is 1. The first kappa shape index (κ1) is 19.9. The van der Waals surface area contributed by atoms with Crippen molar-refractivity contribution in [1.29, 1.82) is 0 Å². The van der Waals surface area contributed by atoms with E-state index in [4.69, 9.17) is 4.74 Å². The Morgan fingerprint density at radius 2 is 1.70 bits per heavy atom. The van der Waals surface area contributed by atoms with Gasteiger partial charge in [0.15, 0.2) is 0 Å². The zero-order valence-electron chi connectivity index (χ0n) is 16.3. The second-order valence-electron chi connectivity index (χ2n) is 6.79. The van der Waals surface area contributed by atoms with Crippen LogP contribution in [0.3, 0.4) is 0 Å². The van der Waals surface area contributed by atoms with E-state index in [0.29, 0.717) is 24.3 Å². The van der Waals surface area contributed by atoms with E-state index < -0.39 is 0 Å². The standard InChI is InChI=1S/C22H20BrN5O2/c1-30-21-7-3-5-17(9-21)13-28-15-20(11-25-28)26-22(29)18-6-2-4-16(8-18)12-27-14-19(23)10-24-27/h2-11,14-15H,12-13H2,1H3,(H,26,29).